The Morgan fingerprint density at radius 2 is 1.90 bits per heavy atom. The zero-order chi connectivity index (χ0) is 15.0. The van der Waals surface area contributed by atoms with Gasteiger partial charge in [-0.15, -0.1) is 0 Å². The van der Waals surface area contributed by atoms with Gasteiger partial charge in [-0.1, -0.05) is 0 Å². The number of amides is 1. The Morgan fingerprint density at radius 1 is 1.35 bits per heavy atom. The van der Waals surface area contributed by atoms with Gasteiger partial charge >= 0.3 is 6.18 Å². The lowest BCUT2D eigenvalue weighted by molar-refractivity contribution is -0.137. The van der Waals surface area contributed by atoms with Gasteiger partial charge in [-0.25, -0.2) is 0 Å². The average Bonchev–Trinajstić information content (AvgIpc) is 2.32. The van der Waals surface area contributed by atoms with E-state index in [1.807, 2.05) is 0 Å². The topological polar surface area (TPSA) is 55.6 Å². The zero-order valence-electron chi connectivity index (χ0n) is 10.9. The number of anilines is 1. The lowest BCUT2D eigenvalue weighted by atomic mass is 9.79. The molecule has 110 valence electrons. The highest BCUT2D eigenvalue weighted by molar-refractivity contribution is 5.84. The highest BCUT2D eigenvalue weighted by Gasteiger charge is 2.48. The van der Waals surface area contributed by atoms with Crippen LogP contribution in [-0.2, 0) is 15.7 Å². The molecule has 0 atom stereocenters. The van der Waals surface area contributed by atoms with Crippen molar-refractivity contribution in [2.45, 2.75) is 6.18 Å². The highest BCUT2D eigenvalue weighted by Crippen LogP contribution is 2.36. The molecule has 0 unspecified atom stereocenters. The predicted molar refractivity (Wildman–Crippen MR) is 67.2 cm³/mol. The van der Waals surface area contributed by atoms with Crippen LogP contribution < -0.4 is 10.6 Å². The van der Waals surface area contributed by atoms with E-state index in [1.54, 1.807) is 4.90 Å². The number of nitrogens with zero attached hydrogens (tertiary/aromatic N) is 1. The Balaban J connectivity index is 2.07. The molecule has 2 rings (SSSR count). The summed E-state index contributed by atoms with van der Waals surface area (Å²) in [5.74, 6) is -0.456. The standard InChI is InChI=1S/C13H15F3N2O2/c1-20-8-12(11(17)19)6-18(7-12)10-4-2-9(3-5-10)13(14,15)16/h2-5H,6-8H2,1H3,(H2,17,19). The van der Waals surface area contributed by atoms with Crippen molar-refractivity contribution < 1.29 is 22.7 Å². The number of hydrogen-bond donors (Lipinski definition) is 1. The van der Waals surface area contributed by atoms with Crippen molar-refractivity contribution in [1.82, 2.24) is 0 Å². The van der Waals surface area contributed by atoms with Gasteiger partial charge in [0, 0.05) is 25.9 Å². The molecule has 0 bridgehead atoms. The van der Waals surface area contributed by atoms with E-state index in [-0.39, 0.29) is 6.61 Å². The molecule has 20 heavy (non-hydrogen) atoms. The summed E-state index contributed by atoms with van der Waals surface area (Å²) in [5.41, 5.74) is 4.53. The summed E-state index contributed by atoms with van der Waals surface area (Å²) >= 11 is 0. The Labute approximate surface area is 114 Å². The molecule has 4 nitrogen and oxygen atoms in total. The minimum Gasteiger partial charge on any atom is -0.383 e. The molecule has 1 aromatic carbocycles. The van der Waals surface area contributed by atoms with Crippen molar-refractivity contribution in [3.8, 4) is 0 Å². The van der Waals surface area contributed by atoms with Gasteiger partial charge in [0.2, 0.25) is 5.91 Å². The van der Waals surface area contributed by atoms with E-state index >= 15 is 0 Å². The lowest BCUT2D eigenvalue weighted by Crippen LogP contribution is -2.64. The van der Waals surface area contributed by atoms with Crippen molar-refractivity contribution >= 4 is 11.6 Å². The maximum Gasteiger partial charge on any atom is 0.416 e. The van der Waals surface area contributed by atoms with Gasteiger partial charge in [-0.2, -0.15) is 13.2 Å². The summed E-state index contributed by atoms with van der Waals surface area (Å²) in [6.45, 7) is 0.905. The maximum atomic E-state index is 12.5. The van der Waals surface area contributed by atoms with Gasteiger partial charge in [0.15, 0.2) is 0 Å². The fraction of sp³-hybridized carbons (Fsp3) is 0.462. The van der Waals surface area contributed by atoms with Gasteiger partial charge in [-0.05, 0) is 24.3 Å². The first-order valence-corrected chi connectivity index (χ1v) is 5.99. The first kappa shape index (κ1) is 14.6. The Hall–Kier alpha value is -1.76. The second kappa shape index (κ2) is 4.97. The molecular formula is C13H15F3N2O2. The third-order valence-corrected chi connectivity index (χ3v) is 3.49. The van der Waals surface area contributed by atoms with E-state index in [2.05, 4.69) is 0 Å². The van der Waals surface area contributed by atoms with E-state index in [0.717, 1.165) is 12.1 Å². The number of carbonyl (C=O) groups is 1. The van der Waals surface area contributed by atoms with Crippen LogP contribution in [0.4, 0.5) is 18.9 Å². The molecule has 1 saturated heterocycles. The minimum atomic E-state index is -4.35. The van der Waals surface area contributed by atoms with Crippen LogP contribution in [-0.4, -0.2) is 32.7 Å². The summed E-state index contributed by atoms with van der Waals surface area (Å²) in [6, 6.07) is 4.83. The number of methoxy groups -OCH3 is 1. The third-order valence-electron chi connectivity index (χ3n) is 3.49. The molecule has 0 aliphatic carbocycles. The van der Waals surface area contributed by atoms with Crippen LogP contribution in [0.1, 0.15) is 5.56 Å². The monoisotopic (exact) mass is 288 g/mol. The Morgan fingerprint density at radius 3 is 2.30 bits per heavy atom. The summed E-state index contributed by atoms with van der Waals surface area (Å²) in [5, 5.41) is 0. The molecule has 1 heterocycles. The number of halogens is 3. The van der Waals surface area contributed by atoms with Crippen LogP contribution in [0.2, 0.25) is 0 Å². The van der Waals surface area contributed by atoms with Crippen LogP contribution in [0, 0.1) is 5.41 Å². The highest BCUT2D eigenvalue weighted by atomic mass is 19.4. The fourth-order valence-corrected chi connectivity index (χ4v) is 2.32. The second-order valence-electron chi connectivity index (χ2n) is 4.98. The van der Waals surface area contributed by atoms with E-state index in [0.29, 0.717) is 18.8 Å². The fourth-order valence-electron chi connectivity index (χ4n) is 2.32. The van der Waals surface area contributed by atoms with Crippen LogP contribution in [0.15, 0.2) is 24.3 Å². The van der Waals surface area contributed by atoms with Crippen molar-refractivity contribution in [2.24, 2.45) is 11.1 Å². The van der Waals surface area contributed by atoms with Crippen LogP contribution in [0.3, 0.4) is 0 Å². The second-order valence-corrected chi connectivity index (χ2v) is 4.98. The third kappa shape index (κ3) is 2.58. The van der Waals surface area contributed by atoms with Gasteiger partial charge < -0.3 is 15.4 Å². The maximum absolute atomic E-state index is 12.5. The smallest absolute Gasteiger partial charge is 0.383 e. The van der Waals surface area contributed by atoms with Crippen molar-refractivity contribution in [2.75, 3.05) is 31.7 Å². The van der Waals surface area contributed by atoms with E-state index < -0.39 is 23.1 Å². The molecule has 0 aromatic heterocycles. The SMILES string of the molecule is COCC1(C(N)=O)CN(c2ccc(C(F)(F)F)cc2)C1. The normalized spacial score (nSPS) is 17.7. The summed E-state index contributed by atoms with van der Waals surface area (Å²) in [4.78, 5) is 13.2. The molecule has 1 fully saturated rings. The van der Waals surface area contributed by atoms with Crippen molar-refractivity contribution in [3.05, 3.63) is 29.8 Å². The van der Waals surface area contributed by atoms with Crippen LogP contribution >= 0.6 is 0 Å². The molecule has 2 N–H and O–H groups in total. The molecule has 1 aromatic rings. The molecular weight excluding hydrogens is 273 g/mol. The number of rotatable bonds is 4. The molecule has 1 aliphatic heterocycles. The first-order chi connectivity index (χ1) is 9.28. The van der Waals surface area contributed by atoms with E-state index in [9.17, 15) is 18.0 Å². The largest absolute Gasteiger partial charge is 0.416 e. The number of alkyl halides is 3. The van der Waals surface area contributed by atoms with Crippen LogP contribution in [0.5, 0.6) is 0 Å². The van der Waals surface area contributed by atoms with Gasteiger partial charge in [0.05, 0.1) is 12.2 Å². The Kier molecular flexibility index (Phi) is 3.64. The van der Waals surface area contributed by atoms with Crippen molar-refractivity contribution in [1.29, 1.82) is 0 Å². The lowest BCUT2D eigenvalue weighted by Gasteiger charge is -2.48. The molecule has 1 aliphatic rings. The number of primary amides is 1. The number of hydrogen-bond acceptors (Lipinski definition) is 3. The van der Waals surface area contributed by atoms with Gasteiger partial charge in [-0.3, -0.25) is 4.79 Å². The van der Waals surface area contributed by atoms with E-state index in [4.69, 9.17) is 10.5 Å². The zero-order valence-corrected chi connectivity index (χ0v) is 10.9. The number of ether oxygens (including phenoxy) is 1. The molecule has 0 spiro atoms. The number of benzene rings is 1. The van der Waals surface area contributed by atoms with Crippen molar-refractivity contribution in [3.63, 3.8) is 0 Å². The summed E-state index contributed by atoms with van der Waals surface area (Å²) in [6.07, 6.45) is -4.35. The Bertz CT molecular complexity index is 493. The van der Waals surface area contributed by atoms with Crippen LogP contribution in [0.25, 0.3) is 0 Å². The van der Waals surface area contributed by atoms with Gasteiger partial charge in [0.25, 0.3) is 0 Å². The molecule has 7 heteroatoms. The number of nitrogens with two attached hydrogens (primary N) is 1. The molecule has 0 radical (unpaired) electrons. The molecule has 1 amide bonds. The molecule has 0 saturated carbocycles. The van der Waals surface area contributed by atoms with E-state index in [1.165, 1.54) is 19.2 Å². The van der Waals surface area contributed by atoms with Gasteiger partial charge in [0.1, 0.15) is 5.41 Å². The average molecular weight is 288 g/mol. The summed E-state index contributed by atoms with van der Waals surface area (Å²) < 4.78 is 42.3. The predicted octanol–water partition coefficient (Wildman–Crippen LogP) is 1.64. The number of carbonyl (C=O) groups excluding carboxylic acids is 1. The summed E-state index contributed by atoms with van der Waals surface area (Å²) in [7, 11) is 1.48. The minimum absolute atomic E-state index is 0.208. The quantitative estimate of drug-likeness (QED) is 0.916. The first-order valence-electron chi connectivity index (χ1n) is 5.99.